The molecule has 0 aliphatic heterocycles. The van der Waals surface area contributed by atoms with Crippen molar-refractivity contribution in [3.63, 3.8) is 0 Å². The van der Waals surface area contributed by atoms with Crippen LogP contribution in [0.3, 0.4) is 0 Å². The Morgan fingerprint density at radius 3 is 2.56 bits per heavy atom. The van der Waals surface area contributed by atoms with E-state index in [4.69, 9.17) is 9.15 Å². The summed E-state index contributed by atoms with van der Waals surface area (Å²) in [4.78, 5) is 23.9. The number of fused-ring (bicyclic) bond motifs is 1. The third-order valence-electron chi connectivity index (χ3n) is 4.53. The van der Waals surface area contributed by atoms with Crippen LogP contribution < -0.4 is 15.7 Å². The lowest BCUT2D eigenvalue weighted by Crippen LogP contribution is -2.20. The maximum absolute atomic E-state index is 12.1. The first kappa shape index (κ1) is 18.7. The van der Waals surface area contributed by atoms with Crippen LogP contribution in [0, 0.1) is 13.8 Å². The molecule has 0 spiro atoms. The van der Waals surface area contributed by atoms with Crippen LogP contribution in [0.2, 0.25) is 0 Å². The molecule has 3 aromatic rings. The Bertz CT molecular complexity index is 1050. The molecule has 1 aromatic heterocycles. The van der Waals surface area contributed by atoms with Crippen molar-refractivity contribution in [1.29, 1.82) is 0 Å². The fourth-order valence-corrected chi connectivity index (χ4v) is 2.90. The molecular weight excluding hydrogens is 342 g/mol. The summed E-state index contributed by atoms with van der Waals surface area (Å²) in [5, 5.41) is 3.68. The number of amides is 1. The van der Waals surface area contributed by atoms with Gasteiger partial charge in [-0.15, -0.1) is 0 Å². The molecule has 27 heavy (non-hydrogen) atoms. The van der Waals surface area contributed by atoms with Gasteiger partial charge in [0.25, 0.3) is 5.91 Å². The minimum absolute atomic E-state index is 0.132. The molecule has 5 nitrogen and oxygen atoms in total. The first-order valence-electron chi connectivity index (χ1n) is 8.91. The minimum atomic E-state index is -0.393. The highest BCUT2D eigenvalue weighted by molar-refractivity contribution is 5.92. The lowest BCUT2D eigenvalue weighted by atomic mass is 10.00. The lowest BCUT2D eigenvalue weighted by molar-refractivity contribution is -0.118. The first-order valence-corrected chi connectivity index (χ1v) is 8.91. The molecule has 0 radical (unpaired) electrons. The zero-order valence-corrected chi connectivity index (χ0v) is 16.0. The van der Waals surface area contributed by atoms with E-state index in [1.54, 1.807) is 12.1 Å². The van der Waals surface area contributed by atoms with Crippen molar-refractivity contribution in [2.45, 2.75) is 33.6 Å². The van der Waals surface area contributed by atoms with Crippen molar-refractivity contribution in [3.8, 4) is 5.75 Å². The summed E-state index contributed by atoms with van der Waals surface area (Å²) in [6.45, 7) is 7.93. The molecule has 5 heteroatoms. The smallest absolute Gasteiger partial charge is 0.336 e. The van der Waals surface area contributed by atoms with E-state index < -0.39 is 5.63 Å². The van der Waals surface area contributed by atoms with Crippen molar-refractivity contribution in [2.75, 3.05) is 11.9 Å². The number of rotatable bonds is 5. The van der Waals surface area contributed by atoms with Gasteiger partial charge in [0.2, 0.25) is 0 Å². The van der Waals surface area contributed by atoms with Gasteiger partial charge in [0.15, 0.2) is 6.61 Å². The topological polar surface area (TPSA) is 68.5 Å². The van der Waals surface area contributed by atoms with E-state index in [2.05, 4.69) is 5.32 Å². The third-order valence-corrected chi connectivity index (χ3v) is 4.53. The van der Waals surface area contributed by atoms with Crippen molar-refractivity contribution < 1.29 is 13.9 Å². The molecular formula is C22H23NO4. The molecule has 0 aliphatic carbocycles. The maximum atomic E-state index is 12.1. The molecule has 3 rings (SSSR count). The Morgan fingerprint density at radius 1 is 1.07 bits per heavy atom. The summed E-state index contributed by atoms with van der Waals surface area (Å²) < 4.78 is 10.9. The normalized spacial score (nSPS) is 11.0. The van der Waals surface area contributed by atoms with E-state index in [1.807, 2.05) is 52.0 Å². The summed E-state index contributed by atoms with van der Waals surface area (Å²) in [5.74, 6) is 0.421. The van der Waals surface area contributed by atoms with Gasteiger partial charge in [-0.1, -0.05) is 19.9 Å². The number of aryl methyl sites for hydroxylation is 2. The van der Waals surface area contributed by atoms with Crippen LogP contribution in [-0.4, -0.2) is 12.5 Å². The van der Waals surface area contributed by atoms with Gasteiger partial charge in [0.05, 0.1) is 0 Å². The molecule has 0 unspecified atom stereocenters. The van der Waals surface area contributed by atoms with Crippen LogP contribution in [-0.2, 0) is 4.79 Å². The highest BCUT2D eigenvalue weighted by atomic mass is 16.5. The van der Waals surface area contributed by atoms with Crippen molar-refractivity contribution in [1.82, 2.24) is 0 Å². The van der Waals surface area contributed by atoms with E-state index >= 15 is 0 Å². The average molecular weight is 365 g/mol. The van der Waals surface area contributed by atoms with Gasteiger partial charge < -0.3 is 14.5 Å². The number of hydrogen-bond donors (Lipinski definition) is 1. The van der Waals surface area contributed by atoms with Gasteiger partial charge >= 0.3 is 5.63 Å². The van der Waals surface area contributed by atoms with Crippen molar-refractivity contribution in [3.05, 3.63) is 69.6 Å². The van der Waals surface area contributed by atoms with Gasteiger partial charge in [0.1, 0.15) is 11.3 Å². The van der Waals surface area contributed by atoms with Crippen LogP contribution in [0.4, 0.5) is 5.69 Å². The van der Waals surface area contributed by atoms with Crippen LogP contribution in [0.15, 0.2) is 51.7 Å². The largest absolute Gasteiger partial charge is 0.484 e. The number of anilines is 1. The second kappa shape index (κ2) is 7.66. The van der Waals surface area contributed by atoms with Gasteiger partial charge in [-0.05, 0) is 60.7 Å². The molecule has 0 bridgehead atoms. The first-order chi connectivity index (χ1) is 12.8. The van der Waals surface area contributed by atoms with E-state index in [0.717, 1.165) is 22.2 Å². The molecule has 0 saturated carbocycles. The van der Waals surface area contributed by atoms with Crippen LogP contribution >= 0.6 is 0 Å². The number of benzene rings is 2. The Morgan fingerprint density at radius 2 is 1.85 bits per heavy atom. The SMILES string of the molecule is Cc1ccc(NC(=O)COc2ccc3c(C(C)C)cc(=O)oc3c2)cc1C. The minimum Gasteiger partial charge on any atom is -0.484 e. The van der Waals surface area contributed by atoms with Crippen LogP contribution in [0.5, 0.6) is 5.75 Å². The van der Waals surface area contributed by atoms with E-state index in [0.29, 0.717) is 11.3 Å². The summed E-state index contributed by atoms with van der Waals surface area (Å²) in [6.07, 6.45) is 0. The standard InChI is InChI=1S/C22H23NO4/c1-13(2)19-11-22(25)27-20-10-17(7-8-18(19)20)26-12-21(24)23-16-6-5-14(3)15(4)9-16/h5-11,13H,12H2,1-4H3,(H,23,24). The predicted octanol–water partition coefficient (Wildman–Crippen LogP) is 4.55. The number of ether oxygens (including phenoxy) is 1. The Balaban J connectivity index is 1.72. The third kappa shape index (κ3) is 4.37. The van der Waals surface area contributed by atoms with Crippen molar-refractivity contribution >= 4 is 22.6 Å². The molecule has 0 atom stereocenters. The molecule has 0 fully saturated rings. The van der Waals surface area contributed by atoms with Gasteiger partial charge in [-0.25, -0.2) is 4.79 Å². The lowest BCUT2D eigenvalue weighted by Gasteiger charge is -2.11. The molecule has 0 aliphatic rings. The van der Waals surface area contributed by atoms with Crippen molar-refractivity contribution in [2.24, 2.45) is 0 Å². The number of carbonyl (C=O) groups excluding carboxylic acids is 1. The van der Waals surface area contributed by atoms with E-state index in [-0.39, 0.29) is 18.4 Å². The Kier molecular flexibility index (Phi) is 5.31. The molecule has 1 heterocycles. The maximum Gasteiger partial charge on any atom is 0.336 e. The van der Waals surface area contributed by atoms with E-state index in [1.165, 1.54) is 11.6 Å². The number of carbonyl (C=O) groups is 1. The fraction of sp³-hybridized carbons (Fsp3) is 0.273. The zero-order valence-electron chi connectivity index (χ0n) is 16.0. The van der Waals surface area contributed by atoms with Gasteiger partial charge in [-0.3, -0.25) is 4.79 Å². The molecule has 0 saturated heterocycles. The summed E-state index contributed by atoms with van der Waals surface area (Å²) in [6, 6.07) is 12.5. The molecule has 1 N–H and O–H groups in total. The predicted molar refractivity (Wildman–Crippen MR) is 107 cm³/mol. The Labute approximate surface area is 158 Å². The monoisotopic (exact) mass is 365 g/mol. The summed E-state index contributed by atoms with van der Waals surface area (Å²) >= 11 is 0. The van der Waals surface area contributed by atoms with Gasteiger partial charge in [0, 0.05) is 23.2 Å². The molecule has 140 valence electrons. The number of nitrogens with one attached hydrogen (secondary N) is 1. The molecule has 2 aromatic carbocycles. The quantitative estimate of drug-likeness (QED) is 0.674. The summed E-state index contributed by atoms with van der Waals surface area (Å²) in [7, 11) is 0. The average Bonchev–Trinajstić information content (AvgIpc) is 2.62. The van der Waals surface area contributed by atoms with Crippen LogP contribution in [0.1, 0.15) is 36.5 Å². The van der Waals surface area contributed by atoms with E-state index in [9.17, 15) is 9.59 Å². The second-order valence-electron chi connectivity index (χ2n) is 6.97. The van der Waals surface area contributed by atoms with Crippen LogP contribution in [0.25, 0.3) is 11.0 Å². The molecule has 1 amide bonds. The zero-order chi connectivity index (χ0) is 19.6. The fourth-order valence-electron chi connectivity index (χ4n) is 2.90. The highest BCUT2D eigenvalue weighted by Gasteiger charge is 2.11. The highest BCUT2D eigenvalue weighted by Crippen LogP contribution is 2.27. The number of hydrogen-bond acceptors (Lipinski definition) is 4. The second-order valence-corrected chi connectivity index (χ2v) is 6.97. The van der Waals surface area contributed by atoms with Gasteiger partial charge in [-0.2, -0.15) is 0 Å². The Hall–Kier alpha value is -3.08. The summed E-state index contributed by atoms with van der Waals surface area (Å²) in [5.41, 5.74) is 4.01.